The monoisotopic (exact) mass is 187 g/mol. The number of hydrogen-bond donors (Lipinski definition) is 2. The molecule has 0 heterocycles. The summed E-state index contributed by atoms with van der Waals surface area (Å²) < 4.78 is 0. The predicted octanol–water partition coefficient (Wildman–Crippen LogP) is -0.0806. The van der Waals surface area contributed by atoms with E-state index in [0.29, 0.717) is 6.54 Å². The first kappa shape index (κ1) is 12.4. The van der Waals surface area contributed by atoms with Gasteiger partial charge in [0.15, 0.2) is 0 Å². The van der Waals surface area contributed by atoms with Crippen molar-refractivity contribution in [1.82, 2.24) is 4.90 Å². The summed E-state index contributed by atoms with van der Waals surface area (Å²) in [4.78, 5) is 12.8. The summed E-state index contributed by atoms with van der Waals surface area (Å²) in [5.74, 6) is -0.310. The Bertz CT molecular complexity index is 178. The first-order valence-electron chi connectivity index (χ1n) is 4.56. The van der Waals surface area contributed by atoms with Gasteiger partial charge in [-0.3, -0.25) is 9.69 Å². The molecule has 4 heteroatoms. The quantitative estimate of drug-likeness (QED) is 0.632. The number of primary amides is 1. The van der Waals surface area contributed by atoms with E-state index >= 15 is 0 Å². The lowest BCUT2D eigenvalue weighted by atomic mass is 10.0. The molecule has 0 aromatic rings. The van der Waals surface area contributed by atoms with Gasteiger partial charge in [0.05, 0.1) is 6.54 Å². The smallest absolute Gasteiger partial charge is 0.231 e. The van der Waals surface area contributed by atoms with Crippen LogP contribution in [0.25, 0.3) is 0 Å². The Morgan fingerprint density at radius 1 is 1.46 bits per heavy atom. The number of carbonyl (C=O) groups is 1. The van der Waals surface area contributed by atoms with Crippen LogP contribution in [0, 0.1) is 0 Å². The second-order valence-corrected chi connectivity index (χ2v) is 4.20. The molecule has 78 valence electrons. The molecule has 1 amide bonds. The summed E-state index contributed by atoms with van der Waals surface area (Å²) in [6, 6.07) is 0.269. The minimum Gasteiger partial charge on any atom is -0.369 e. The Kier molecular flexibility index (Phi) is 4.36. The number of amides is 1. The Balaban J connectivity index is 4.50. The molecule has 0 aromatic carbocycles. The first-order chi connectivity index (χ1) is 5.81. The van der Waals surface area contributed by atoms with Crippen molar-refractivity contribution < 1.29 is 4.79 Å². The summed E-state index contributed by atoms with van der Waals surface area (Å²) in [6.45, 7) is 8.85. The molecular weight excluding hydrogens is 166 g/mol. The summed E-state index contributed by atoms with van der Waals surface area (Å²) in [5, 5.41) is 0. The van der Waals surface area contributed by atoms with Gasteiger partial charge in [0.25, 0.3) is 0 Å². The third kappa shape index (κ3) is 3.74. The van der Waals surface area contributed by atoms with Crippen LogP contribution < -0.4 is 11.5 Å². The normalized spacial score (nSPS) is 12.5. The number of rotatable bonds is 5. The van der Waals surface area contributed by atoms with Crippen LogP contribution in [0.3, 0.4) is 0 Å². The van der Waals surface area contributed by atoms with Crippen molar-refractivity contribution in [2.45, 2.75) is 39.3 Å². The third-order valence-electron chi connectivity index (χ3n) is 2.23. The van der Waals surface area contributed by atoms with Gasteiger partial charge in [-0.15, -0.1) is 0 Å². The van der Waals surface area contributed by atoms with E-state index in [-0.39, 0.29) is 24.0 Å². The molecule has 0 aliphatic heterocycles. The lowest BCUT2D eigenvalue weighted by Gasteiger charge is -2.39. The number of hydrogen-bond acceptors (Lipinski definition) is 3. The van der Waals surface area contributed by atoms with E-state index in [2.05, 4.69) is 0 Å². The Labute approximate surface area is 80.3 Å². The van der Waals surface area contributed by atoms with Gasteiger partial charge in [-0.25, -0.2) is 0 Å². The van der Waals surface area contributed by atoms with E-state index in [9.17, 15) is 4.79 Å². The molecule has 0 saturated carbocycles. The van der Waals surface area contributed by atoms with Crippen LogP contribution in [-0.2, 0) is 4.79 Å². The van der Waals surface area contributed by atoms with Crippen molar-refractivity contribution >= 4 is 5.91 Å². The van der Waals surface area contributed by atoms with E-state index in [4.69, 9.17) is 11.5 Å². The van der Waals surface area contributed by atoms with Crippen LogP contribution in [-0.4, -0.2) is 35.5 Å². The third-order valence-corrected chi connectivity index (χ3v) is 2.23. The van der Waals surface area contributed by atoms with Crippen molar-refractivity contribution in [3.8, 4) is 0 Å². The highest BCUT2D eigenvalue weighted by Gasteiger charge is 2.28. The minimum absolute atomic E-state index is 0.177. The molecule has 0 aliphatic rings. The van der Waals surface area contributed by atoms with Gasteiger partial charge in [0.2, 0.25) is 5.91 Å². The van der Waals surface area contributed by atoms with Crippen molar-refractivity contribution in [1.29, 1.82) is 0 Å². The fourth-order valence-corrected chi connectivity index (χ4v) is 1.38. The number of nitrogens with zero attached hydrogens (tertiary/aromatic N) is 1. The minimum atomic E-state index is -0.310. The molecular formula is C9H21N3O. The Morgan fingerprint density at radius 3 is 2.15 bits per heavy atom. The van der Waals surface area contributed by atoms with Gasteiger partial charge < -0.3 is 11.5 Å². The molecule has 0 spiro atoms. The van der Waals surface area contributed by atoms with E-state index < -0.39 is 0 Å². The molecule has 0 aliphatic carbocycles. The fraction of sp³-hybridized carbons (Fsp3) is 0.889. The lowest BCUT2D eigenvalue weighted by molar-refractivity contribution is -0.121. The van der Waals surface area contributed by atoms with Crippen LogP contribution in [0.1, 0.15) is 27.7 Å². The maximum atomic E-state index is 10.8. The van der Waals surface area contributed by atoms with E-state index in [1.807, 2.05) is 32.6 Å². The zero-order valence-electron chi connectivity index (χ0n) is 9.00. The van der Waals surface area contributed by atoms with Gasteiger partial charge in [0.1, 0.15) is 0 Å². The van der Waals surface area contributed by atoms with Crippen molar-refractivity contribution in [2.24, 2.45) is 11.5 Å². The van der Waals surface area contributed by atoms with Crippen LogP contribution in [0.15, 0.2) is 0 Å². The van der Waals surface area contributed by atoms with Crippen LogP contribution >= 0.6 is 0 Å². The Hall–Kier alpha value is -0.610. The average molecular weight is 187 g/mol. The van der Waals surface area contributed by atoms with Crippen LogP contribution in [0.4, 0.5) is 0 Å². The molecule has 0 saturated heterocycles. The molecule has 0 rings (SSSR count). The average Bonchev–Trinajstić information content (AvgIpc) is 1.99. The summed E-state index contributed by atoms with van der Waals surface area (Å²) in [6.07, 6.45) is 0. The van der Waals surface area contributed by atoms with Gasteiger partial charge in [-0.05, 0) is 27.7 Å². The largest absolute Gasteiger partial charge is 0.369 e. The highest BCUT2D eigenvalue weighted by Crippen LogP contribution is 2.15. The predicted molar refractivity (Wildman–Crippen MR) is 54.2 cm³/mol. The molecule has 0 fully saturated rings. The van der Waals surface area contributed by atoms with E-state index in [1.165, 1.54) is 0 Å². The lowest BCUT2D eigenvalue weighted by Crippen LogP contribution is -2.55. The zero-order valence-corrected chi connectivity index (χ0v) is 9.00. The second kappa shape index (κ2) is 4.58. The maximum Gasteiger partial charge on any atom is 0.231 e. The standard InChI is InChI=1S/C9H21N3O/c1-7(2)12(5-8(11)13)9(3,4)6-10/h7H,5-6,10H2,1-4H3,(H2,11,13). The first-order valence-corrected chi connectivity index (χ1v) is 4.56. The SMILES string of the molecule is CC(C)N(CC(N)=O)C(C)(C)CN. The van der Waals surface area contributed by atoms with Gasteiger partial charge in [0, 0.05) is 18.1 Å². The second-order valence-electron chi connectivity index (χ2n) is 4.20. The fourth-order valence-electron chi connectivity index (χ4n) is 1.38. The van der Waals surface area contributed by atoms with E-state index in [0.717, 1.165) is 0 Å². The maximum absolute atomic E-state index is 10.8. The summed E-state index contributed by atoms with van der Waals surface area (Å²) >= 11 is 0. The van der Waals surface area contributed by atoms with Gasteiger partial charge >= 0.3 is 0 Å². The summed E-state index contributed by atoms with van der Waals surface area (Å²) in [7, 11) is 0. The molecule has 0 radical (unpaired) electrons. The van der Waals surface area contributed by atoms with Crippen LogP contribution in [0.5, 0.6) is 0 Å². The van der Waals surface area contributed by atoms with Gasteiger partial charge in [-0.1, -0.05) is 0 Å². The molecule has 0 unspecified atom stereocenters. The molecule has 0 aromatic heterocycles. The summed E-state index contributed by atoms with van der Waals surface area (Å²) in [5.41, 5.74) is 10.6. The van der Waals surface area contributed by atoms with Crippen molar-refractivity contribution in [3.63, 3.8) is 0 Å². The van der Waals surface area contributed by atoms with E-state index in [1.54, 1.807) is 0 Å². The number of nitrogens with two attached hydrogens (primary N) is 2. The topological polar surface area (TPSA) is 72.3 Å². The zero-order chi connectivity index (χ0) is 10.6. The van der Waals surface area contributed by atoms with Crippen LogP contribution in [0.2, 0.25) is 0 Å². The number of carbonyl (C=O) groups excluding carboxylic acids is 1. The highest BCUT2D eigenvalue weighted by atomic mass is 16.1. The molecule has 4 nitrogen and oxygen atoms in total. The molecule has 4 N–H and O–H groups in total. The molecule has 0 bridgehead atoms. The van der Waals surface area contributed by atoms with Crippen molar-refractivity contribution in [3.05, 3.63) is 0 Å². The molecule has 0 atom stereocenters. The highest BCUT2D eigenvalue weighted by molar-refractivity contribution is 5.76. The van der Waals surface area contributed by atoms with Gasteiger partial charge in [-0.2, -0.15) is 0 Å². The molecule has 13 heavy (non-hydrogen) atoms. The van der Waals surface area contributed by atoms with Crippen molar-refractivity contribution in [2.75, 3.05) is 13.1 Å². The Morgan fingerprint density at radius 2 is 1.92 bits per heavy atom.